The lowest BCUT2D eigenvalue weighted by molar-refractivity contribution is -0.114. The van der Waals surface area contributed by atoms with Gasteiger partial charge in [0.1, 0.15) is 5.82 Å². The van der Waals surface area contributed by atoms with E-state index in [4.69, 9.17) is 13.6 Å². The monoisotopic (exact) mass is 764 g/mol. The number of ether oxygens (including phenoxy) is 1. The molecule has 0 atom stereocenters. The van der Waals surface area contributed by atoms with E-state index in [0.717, 1.165) is 11.3 Å². The first-order chi connectivity index (χ1) is 23.2. The van der Waals surface area contributed by atoms with Gasteiger partial charge in [0.15, 0.2) is 5.76 Å². The van der Waals surface area contributed by atoms with E-state index in [-0.39, 0.29) is 38.7 Å². The van der Waals surface area contributed by atoms with E-state index in [1.165, 1.54) is 34.2 Å². The van der Waals surface area contributed by atoms with Gasteiger partial charge in [-0.3, -0.25) is 14.9 Å². The normalized spacial score (nSPS) is 12.1. The predicted molar refractivity (Wildman–Crippen MR) is 195 cm³/mol. The summed E-state index contributed by atoms with van der Waals surface area (Å²) in [6, 6.07) is 23.7. The van der Waals surface area contributed by atoms with E-state index in [9.17, 15) is 14.4 Å². The summed E-state index contributed by atoms with van der Waals surface area (Å²) in [6.07, 6.45) is 1.49. The van der Waals surface area contributed by atoms with Crippen molar-refractivity contribution in [1.29, 1.82) is 0 Å². The highest BCUT2D eigenvalue weighted by atomic mass is 79.9. The Morgan fingerprint density at radius 2 is 1.57 bits per heavy atom. The van der Waals surface area contributed by atoms with E-state index in [1.807, 2.05) is 50.2 Å². The number of carbonyl (C=O) groups excluding carboxylic acids is 2. The molecule has 3 heterocycles. The zero-order valence-corrected chi connectivity index (χ0v) is 31.3. The lowest BCUT2D eigenvalue weighted by atomic mass is 9.97. The molecule has 2 aromatic carbocycles. The van der Waals surface area contributed by atoms with Gasteiger partial charge in [0.2, 0.25) is 21.9 Å². The summed E-state index contributed by atoms with van der Waals surface area (Å²) in [5.41, 5.74) is -1.34. The fraction of sp³-hybridized carbons (Fsp3) is 0.294. The minimum Gasteiger partial charge on any atom is -0.485 e. The topological polar surface area (TPSA) is 150 Å². The minimum atomic E-state index is -2.79. The second kappa shape index (κ2) is 14.6. The Bertz CT molecular complexity index is 1950. The van der Waals surface area contributed by atoms with Crippen molar-refractivity contribution in [3.8, 4) is 10.9 Å². The van der Waals surface area contributed by atoms with Crippen molar-refractivity contribution >= 4 is 68.7 Å². The Hall–Kier alpha value is -4.44. The predicted octanol–water partition coefficient (Wildman–Crippen LogP) is 5.63. The maximum atomic E-state index is 13.0. The van der Waals surface area contributed by atoms with Crippen molar-refractivity contribution in [1.82, 2.24) is 20.0 Å². The highest BCUT2D eigenvalue weighted by Gasteiger charge is 2.50. The summed E-state index contributed by atoms with van der Waals surface area (Å²) in [4.78, 5) is 37.5. The highest BCUT2D eigenvalue weighted by molar-refractivity contribution is 9.10. The lowest BCUT2D eigenvalue weighted by Crippen LogP contribution is -2.67. The summed E-state index contributed by atoms with van der Waals surface area (Å²) in [5.74, 6) is -0.913. The summed E-state index contributed by atoms with van der Waals surface area (Å²) >= 11 is 4.39. The van der Waals surface area contributed by atoms with Gasteiger partial charge in [0.05, 0.1) is 17.3 Å². The third-order valence-electron chi connectivity index (χ3n) is 7.55. The zero-order valence-electron chi connectivity index (χ0n) is 27.9. The van der Waals surface area contributed by atoms with Crippen molar-refractivity contribution in [3.63, 3.8) is 0 Å². The molecule has 2 N–H and O–H groups in total. The van der Waals surface area contributed by atoms with Crippen LogP contribution in [0.15, 0.2) is 92.7 Å². The van der Waals surface area contributed by atoms with Crippen LogP contribution in [0.3, 0.4) is 0 Å². The largest absolute Gasteiger partial charge is 0.485 e. The van der Waals surface area contributed by atoms with E-state index < -0.39 is 25.3 Å². The Morgan fingerprint density at radius 1 is 0.939 bits per heavy atom. The number of rotatable bonds is 12. The van der Waals surface area contributed by atoms with Crippen LogP contribution in [-0.4, -0.2) is 53.3 Å². The molecular weight excluding hydrogens is 728 g/mol. The van der Waals surface area contributed by atoms with Crippen LogP contribution in [0.4, 0.5) is 10.9 Å². The minimum absolute atomic E-state index is 0.0579. The average molecular weight is 766 g/mol. The molecule has 15 heteroatoms. The van der Waals surface area contributed by atoms with Gasteiger partial charge in [-0.25, -0.2) is 4.79 Å². The molecule has 0 radical (unpaired) electrons. The van der Waals surface area contributed by atoms with E-state index in [2.05, 4.69) is 86.9 Å². The van der Waals surface area contributed by atoms with E-state index in [1.54, 1.807) is 6.07 Å². The standard InChI is InChI=1S/C34H37BrN6O6SSi/c1-22(42)37-27-17-18-36-41(27)32-40-39-31(48-32)38-29(43)26-19-25(35)28(30(44)47-26)45-20-34(5,6)21-46-49(33(2,3)4,23-13-9-7-10-14-23)24-15-11-8-12-16-24/h7-19H,20-21H2,1-6H3,(H,37,42)(H,38,39,43). The highest BCUT2D eigenvalue weighted by Crippen LogP contribution is 2.38. The van der Waals surface area contributed by atoms with Crippen LogP contribution in [0.2, 0.25) is 5.04 Å². The van der Waals surface area contributed by atoms with Crippen LogP contribution in [0.5, 0.6) is 5.75 Å². The van der Waals surface area contributed by atoms with Gasteiger partial charge in [0.25, 0.3) is 14.2 Å². The number of hydrogen-bond acceptors (Lipinski definition) is 10. The van der Waals surface area contributed by atoms with Crippen LogP contribution < -0.4 is 31.4 Å². The molecule has 0 fully saturated rings. The van der Waals surface area contributed by atoms with E-state index >= 15 is 0 Å². The van der Waals surface area contributed by atoms with Gasteiger partial charge in [-0.05, 0) is 31.3 Å². The smallest absolute Gasteiger partial charge is 0.380 e. The van der Waals surface area contributed by atoms with Crippen LogP contribution in [0.25, 0.3) is 5.13 Å². The third-order valence-corrected chi connectivity index (χ3v) is 13.9. The van der Waals surface area contributed by atoms with Crippen LogP contribution in [0, 0.1) is 5.41 Å². The van der Waals surface area contributed by atoms with Gasteiger partial charge < -0.3 is 18.9 Å². The number of nitrogens with zero attached hydrogens (tertiary/aromatic N) is 4. The van der Waals surface area contributed by atoms with E-state index in [0.29, 0.717) is 17.6 Å². The quantitative estimate of drug-likeness (QED) is 0.154. The summed E-state index contributed by atoms with van der Waals surface area (Å²) in [7, 11) is -2.79. The van der Waals surface area contributed by atoms with Gasteiger partial charge in [0, 0.05) is 31.1 Å². The number of aromatic nitrogens is 4. The number of hydrogen-bond donors (Lipinski definition) is 2. The number of nitrogens with one attached hydrogen (secondary N) is 2. The van der Waals surface area contributed by atoms with Crippen molar-refractivity contribution in [2.75, 3.05) is 23.8 Å². The van der Waals surface area contributed by atoms with Gasteiger partial charge >= 0.3 is 5.63 Å². The van der Waals surface area contributed by atoms with Crippen molar-refractivity contribution in [3.05, 3.63) is 99.6 Å². The first-order valence-corrected chi connectivity index (χ1v) is 18.9. The van der Waals surface area contributed by atoms with Crippen LogP contribution >= 0.6 is 27.3 Å². The molecule has 12 nitrogen and oxygen atoms in total. The molecule has 0 unspecified atom stereocenters. The molecule has 0 spiro atoms. The molecule has 0 saturated carbocycles. The molecule has 5 rings (SSSR count). The average Bonchev–Trinajstić information content (AvgIpc) is 3.70. The number of benzene rings is 2. The lowest BCUT2D eigenvalue weighted by Gasteiger charge is -2.44. The Labute approximate surface area is 297 Å². The number of halogens is 1. The summed E-state index contributed by atoms with van der Waals surface area (Å²) in [6.45, 7) is 12.6. The van der Waals surface area contributed by atoms with Crippen LogP contribution in [-0.2, 0) is 9.22 Å². The zero-order chi connectivity index (χ0) is 35.4. The summed E-state index contributed by atoms with van der Waals surface area (Å²) < 4.78 is 20.1. The third kappa shape index (κ3) is 8.07. The van der Waals surface area contributed by atoms with Crippen molar-refractivity contribution in [2.24, 2.45) is 5.41 Å². The second-order valence-corrected chi connectivity index (χ2v) is 19.2. The van der Waals surface area contributed by atoms with Gasteiger partial charge in [-0.1, -0.05) is 107 Å². The van der Waals surface area contributed by atoms with Crippen molar-refractivity contribution in [2.45, 2.75) is 46.6 Å². The van der Waals surface area contributed by atoms with Crippen LogP contribution in [0.1, 0.15) is 52.1 Å². The molecule has 0 bridgehead atoms. The molecule has 5 aromatic rings. The molecule has 2 amide bonds. The molecule has 0 aliphatic heterocycles. The Kier molecular flexibility index (Phi) is 10.7. The summed E-state index contributed by atoms with van der Waals surface area (Å²) in [5, 5.41) is 19.9. The molecule has 256 valence electrons. The Balaban J connectivity index is 1.28. The molecule has 49 heavy (non-hydrogen) atoms. The number of anilines is 2. The molecule has 3 aromatic heterocycles. The molecule has 0 saturated heterocycles. The fourth-order valence-electron chi connectivity index (χ4n) is 5.31. The van der Waals surface area contributed by atoms with Gasteiger partial charge in [-0.2, -0.15) is 9.78 Å². The first kappa shape index (κ1) is 35.9. The maximum Gasteiger partial charge on any atom is 0.380 e. The first-order valence-electron chi connectivity index (χ1n) is 15.4. The second-order valence-electron chi connectivity index (χ2n) is 13.1. The SMILES string of the molecule is CC(=O)Nc1ccnn1-c1nnc(NC(=O)c2cc(Br)c(OCC(C)(C)CO[Si](c3ccccc3)(c3ccccc3)C(C)(C)C)c(=O)o2)s1. The number of amides is 2. The molecule has 0 aliphatic rings. The molecular formula is C34H37BrN6O6SSi. The Morgan fingerprint density at radius 3 is 2.14 bits per heavy atom. The molecule has 0 aliphatic carbocycles. The van der Waals surface area contributed by atoms with Crippen molar-refractivity contribution < 1.29 is 23.2 Å². The van der Waals surface area contributed by atoms with Gasteiger partial charge in [-0.15, -0.1) is 10.2 Å². The fourth-order valence-corrected chi connectivity index (χ4v) is 11.3. The maximum absolute atomic E-state index is 13.0. The number of carbonyl (C=O) groups is 2.